The molecule has 8 heteroatoms. The van der Waals surface area contributed by atoms with E-state index in [1.807, 2.05) is 0 Å². The minimum absolute atomic E-state index is 0.0804. The molecule has 7 nitrogen and oxygen atoms in total. The molecule has 4 N–H and O–H groups in total. The lowest BCUT2D eigenvalue weighted by Gasteiger charge is -2.07. The molecule has 0 bridgehead atoms. The number of hydrogen-bond donors (Lipinski definition) is 3. The number of aliphatic carboxylic acids is 1. The van der Waals surface area contributed by atoms with Crippen LogP contribution < -0.4 is 5.90 Å². The Balaban J connectivity index is 3.82. The van der Waals surface area contributed by atoms with Crippen molar-refractivity contribution in [3.63, 3.8) is 0 Å². The van der Waals surface area contributed by atoms with Crippen molar-refractivity contribution in [2.24, 2.45) is 5.90 Å². The molecule has 0 aromatic heterocycles. The van der Waals surface area contributed by atoms with E-state index >= 15 is 0 Å². The SMILES string of the molecule is NOC(=O)CCCP(=O)(O)CC(=O)O. The normalized spacial score (nSPS) is 14.4. The third-order valence-corrected chi connectivity index (χ3v) is 3.18. The van der Waals surface area contributed by atoms with Gasteiger partial charge in [-0.2, -0.15) is 5.90 Å². The van der Waals surface area contributed by atoms with Crippen LogP contribution in [0.3, 0.4) is 0 Å². The van der Waals surface area contributed by atoms with E-state index in [9.17, 15) is 14.2 Å². The quantitative estimate of drug-likeness (QED) is 0.412. The lowest BCUT2D eigenvalue weighted by atomic mass is 10.3. The smallest absolute Gasteiger partial charge is 0.324 e. The summed E-state index contributed by atoms with van der Waals surface area (Å²) in [5.41, 5.74) is 0. The first-order valence-corrected chi connectivity index (χ1v) is 5.82. The zero-order chi connectivity index (χ0) is 11.2. The lowest BCUT2D eigenvalue weighted by molar-refractivity contribution is -0.144. The molecule has 0 aromatic rings. The first kappa shape index (κ1) is 13.1. The van der Waals surface area contributed by atoms with Crippen molar-refractivity contribution >= 4 is 19.3 Å². The van der Waals surface area contributed by atoms with Gasteiger partial charge in [-0.15, -0.1) is 0 Å². The van der Waals surface area contributed by atoms with Crippen molar-refractivity contribution in [2.75, 3.05) is 12.3 Å². The largest absolute Gasteiger partial charge is 0.481 e. The molecule has 0 heterocycles. The average Bonchev–Trinajstić information content (AvgIpc) is 2.01. The zero-order valence-electron chi connectivity index (χ0n) is 7.38. The summed E-state index contributed by atoms with van der Waals surface area (Å²) in [4.78, 5) is 33.5. The fourth-order valence-corrected chi connectivity index (χ4v) is 2.05. The van der Waals surface area contributed by atoms with Crippen molar-refractivity contribution in [3.8, 4) is 0 Å². The third-order valence-electron chi connectivity index (χ3n) is 1.40. The summed E-state index contributed by atoms with van der Waals surface area (Å²) < 4.78 is 11.1. The van der Waals surface area contributed by atoms with E-state index in [-0.39, 0.29) is 19.0 Å². The van der Waals surface area contributed by atoms with Crippen molar-refractivity contribution in [2.45, 2.75) is 12.8 Å². The van der Waals surface area contributed by atoms with E-state index in [0.717, 1.165) is 0 Å². The Morgan fingerprint density at radius 2 is 2.00 bits per heavy atom. The van der Waals surface area contributed by atoms with E-state index < -0.39 is 25.5 Å². The molecule has 0 saturated carbocycles. The number of carbonyl (C=O) groups is 2. The molecule has 0 amide bonds. The Bertz CT molecular complexity index is 265. The van der Waals surface area contributed by atoms with Gasteiger partial charge in [0, 0.05) is 12.6 Å². The van der Waals surface area contributed by atoms with E-state index in [1.165, 1.54) is 0 Å². The fraction of sp³-hybridized carbons (Fsp3) is 0.667. The summed E-state index contributed by atoms with van der Waals surface area (Å²) in [6.45, 7) is 0. The summed E-state index contributed by atoms with van der Waals surface area (Å²) in [6.07, 6.45) is -1.03. The predicted molar refractivity (Wildman–Crippen MR) is 46.7 cm³/mol. The van der Waals surface area contributed by atoms with Gasteiger partial charge in [0.25, 0.3) is 0 Å². The molecular weight excluding hydrogens is 213 g/mol. The molecule has 14 heavy (non-hydrogen) atoms. The molecular formula is C6H12NO6P. The number of hydrogen-bond acceptors (Lipinski definition) is 5. The highest BCUT2D eigenvalue weighted by atomic mass is 31.2. The molecule has 0 aliphatic heterocycles. The van der Waals surface area contributed by atoms with Crippen LogP contribution in [0.25, 0.3) is 0 Å². The molecule has 0 saturated heterocycles. The molecule has 82 valence electrons. The van der Waals surface area contributed by atoms with Gasteiger partial charge in [0.05, 0.1) is 0 Å². The van der Waals surface area contributed by atoms with Gasteiger partial charge in [-0.05, 0) is 6.42 Å². The van der Waals surface area contributed by atoms with Crippen LogP contribution in [0, 0.1) is 0 Å². The van der Waals surface area contributed by atoms with Crippen LogP contribution in [0.2, 0.25) is 0 Å². The van der Waals surface area contributed by atoms with Crippen LogP contribution in [0.4, 0.5) is 0 Å². The topological polar surface area (TPSA) is 127 Å². The molecule has 0 aliphatic rings. The van der Waals surface area contributed by atoms with Gasteiger partial charge in [-0.3, -0.25) is 14.2 Å². The van der Waals surface area contributed by atoms with Gasteiger partial charge in [0.15, 0.2) is 0 Å². The predicted octanol–water partition coefficient (Wildman–Crippen LogP) is -0.462. The Labute approximate surface area is 80.3 Å². The number of rotatable bonds is 6. The van der Waals surface area contributed by atoms with E-state index in [2.05, 4.69) is 10.7 Å². The van der Waals surface area contributed by atoms with Gasteiger partial charge in [-0.25, -0.2) is 0 Å². The minimum Gasteiger partial charge on any atom is -0.481 e. The second-order valence-corrected chi connectivity index (χ2v) is 5.17. The van der Waals surface area contributed by atoms with Gasteiger partial charge >= 0.3 is 11.9 Å². The molecule has 0 rings (SSSR count). The summed E-state index contributed by atoms with van der Waals surface area (Å²) in [5.74, 6) is 2.50. The Morgan fingerprint density at radius 1 is 1.43 bits per heavy atom. The summed E-state index contributed by atoms with van der Waals surface area (Å²) in [7, 11) is -3.66. The lowest BCUT2D eigenvalue weighted by Crippen LogP contribution is -2.11. The molecule has 0 aliphatic carbocycles. The Kier molecular flexibility index (Phi) is 5.37. The first-order valence-electron chi connectivity index (χ1n) is 3.79. The summed E-state index contributed by atoms with van der Waals surface area (Å²) in [5, 5.41) is 8.26. The number of carboxylic acids is 1. The highest BCUT2D eigenvalue weighted by molar-refractivity contribution is 7.58. The summed E-state index contributed by atoms with van der Waals surface area (Å²) in [6, 6.07) is 0. The molecule has 0 radical (unpaired) electrons. The standard InChI is InChI=1S/C6H12NO6P/c7-13-6(10)2-1-3-14(11,12)4-5(8)9/h1-4,7H2,(H,8,9)(H,11,12). The van der Waals surface area contributed by atoms with Crippen molar-refractivity contribution in [1.29, 1.82) is 0 Å². The van der Waals surface area contributed by atoms with Crippen LogP contribution in [0.15, 0.2) is 0 Å². The monoisotopic (exact) mass is 225 g/mol. The van der Waals surface area contributed by atoms with Crippen LogP contribution in [0.1, 0.15) is 12.8 Å². The van der Waals surface area contributed by atoms with Gasteiger partial charge in [-0.1, -0.05) is 0 Å². The minimum atomic E-state index is -3.66. The molecule has 0 aromatic carbocycles. The number of carbonyl (C=O) groups excluding carboxylic acids is 1. The Morgan fingerprint density at radius 3 is 2.43 bits per heavy atom. The van der Waals surface area contributed by atoms with Crippen LogP contribution in [-0.4, -0.2) is 34.3 Å². The highest BCUT2D eigenvalue weighted by Gasteiger charge is 2.22. The molecule has 0 spiro atoms. The number of nitrogens with two attached hydrogens (primary N) is 1. The second-order valence-electron chi connectivity index (χ2n) is 2.72. The van der Waals surface area contributed by atoms with Crippen LogP contribution >= 0.6 is 7.37 Å². The van der Waals surface area contributed by atoms with E-state index in [0.29, 0.717) is 0 Å². The summed E-state index contributed by atoms with van der Waals surface area (Å²) >= 11 is 0. The molecule has 1 atom stereocenters. The van der Waals surface area contributed by atoms with Crippen molar-refractivity contribution in [3.05, 3.63) is 0 Å². The van der Waals surface area contributed by atoms with Crippen LogP contribution in [0.5, 0.6) is 0 Å². The second kappa shape index (κ2) is 5.74. The highest BCUT2D eigenvalue weighted by Crippen LogP contribution is 2.40. The maximum Gasteiger partial charge on any atom is 0.324 e. The maximum absolute atomic E-state index is 11.1. The Hall–Kier alpha value is -0.910. The van der Waals surface area contributed by atoms with Gasteiger partial charge < -0.3 is 14.8 Å². The van der Waals surface area contributed by atoms with Gasteiger partial charge in [0.1, 0.15) is 6.16 Å². The van der Waals surface area contributed by atoms with Crippen molar-refractivity contribution < 1.29 is 29.0 Å². The molecule has 0 fully saturated rings. The van der Waals surface area contributed by atoms with Crippen LogP contribution in [-0.2, 0) is 19.0 Å². The number of carboxylic acid groups (broad SMARTS) is 1. The maximum atomic E-state index is 11.1. The third kappa shape index (κ3) is 6.59. The van der Waals surface area contributed by atoms with Gasteiger partial charge in [0.2, 0.25) is 7.37 Å². The average molecular weight is 225 g/mol. The first-order chi connectivity index (χ1) is 6.37. The molecule has 1 unspecified atom stereocenters. The fourth-order valence-electron chi connectivity index (χ4n) is 0.820. The zero-order valence-corrected chi connectivity index (χ0v) is 8.27. The van der Waals surface area contributed by atoms with E-state index in [4.69, 9.17) is 10.00 Å². The van der Waals surface area contributed by atoms with E-state index in [1.54, 1.807) is 0 Å². The van der Waals surface area contributed by atoms with Crippen molar-refractivity contribution in [1.82, 2.24) is 0 Å².